The van der Waals surface area contributed by atoms with Crippen molar-refractivity contribution in [2.75, 3.05) is 12.3 Å². The van der Waals surface area contributed by atoms with Crippen LogP contribution in [0.5, 0.6) is 5.88 Å². The molecule has 2 rings (SSSR count). The van der Waals surface area contributed by atoms with Gasteiger partial charge in [0.15, 0.2) is 6.61 Å². The van der Waals surface area contributed by atoms with Crippen LogP contribution < -0.4 is 15.8 Å². The Kier molecular flexibility index (Phi) is 6.81. The smallest absolute Gasteiger partial charge is 0.422 e. The standard InChI is InChI=1S/C20H21F3N4O3/c1-10(2)18(28)17-16(24)14(7-11(3)26-17)19(29)27-12(4)13-5-6-15(25-8-13)30-9-20(21,22)23/h5-8,12H,1,9,24H2,2-4H3,(H,27,29). The molecule has 0 saturated heterocycles. The maximum atomic E-state index is 12.7. The van der Waals surface area contributed by atoms with Crippen LogP contribution >= 0.6 is 0 Å². The van der Waals surface area contributed by atoms with Gasteiger partial charge in [-0.2, -0.15) is 13.2 Å². The Morgan fingerprint density at radius 2 is 2.00 bits per heavy atom. The van der Waals surface area contributed by atoms with Crippen LogP contribution in [0.1, 0.15) is 52.0 Å². The molecule has 0 fully saturated rings. The summed E-state index contributed by atoms with van der Waals surface area (Å²) in [5.41, 5.74) is 7.16. The minimum Gasteiger partial charge on any atom is -0.468 e. The number of ether oxygens (including phenoxy) is 1. The van der Waals surface area contributed by atoms with Crippen LogP contribution in [0.2, 0.25) is 0 Å². The van der Waals surface area contributed by atoms with E-state index in [2.05, 4.69) is 26.6 Å². The monoisotopic (exact) mass is 422 g/mol. The zero-order valence-corrected chi connectivity index (χ0v) is 16.6. The molecule has 0 aliphatic heterocycles. The van der Waals surface area contributed by atoms with Crippen molar-refractivity contribution in [3.05, 3.63) is 59.1 Å². The fourth-order valence-electron chi connectivity index (χ4n) is 2.49. The van der Waals surface area contributed by atoms with E-state index in [4.69, 9.17) is 5.73 Å². The molecule has 1 unspecified atom stereocenters. The van der Waals surface area contributed by atoms with E-state index >= 15 is 0 Å². The number of amides is 1. The Morgan fingerprint density at radius 3 is 2.53 bits per heavy atom. The molecular weight excluding hydrogens is 401 g/mol. The van der Waals surface area contributed by atoms with Gasteiger partial charge in [-0.3, -0.25) is 9.59 Å². The highest BCUT2D eigenvalue weighted by atomic mass is 19.4. The summed E-state index contributed by atoms with van der Waals surface area (Å²) in [6.45, 7) is 6.93. The maximum Gasteiger partial charge on any atom is 0.422 e. The molecule has 2 aromatic heterocycles. The summed E-state index contributed by atoms with van der Waals surface area (Å²) >= 11 is 0. The zero-order valence-electron chi connectivity index (χ0n) is 16.6. The van der Waals surface area contributed by atoms with Crippen LogP contribution in [-0.2, 0) is 0 Å². The highest BCUT2D eigenvalue weighted by Crippen LogP contribution is 2.22. The highest BCUT2D eigenvalue weighted by Gasteiger charge is 2.28. The first kappa shape index (κ1) is 22.9. The van der Waals surface area contributed by atoms with E-state index < -0.39 is 30.5 Å². The van der Waals surface area contributed by atoms with Gasteiger partial charge in [0.25, 0.3) is 5.91 Å². The number of rotatable bonds is 7. The number of nitrogens with one attached hydrogen (secondary N) is 1. The molecule has 0 saturated carbocycles. The quantitative estimate of drug-likeness (QED) is 0.522. The molecule has 2 aromatic rings. The van der Waals surface area contributed by atoms with E-state index in [0.717, 1.165) is 0 Å². The molecule has 0 radical (unpaired) electrons. The average Bonchev–Trinajstić information content (AvgIpc) is 2.66. The first-order valence-corrected chi connectivity index (χ1v) is 8.82. The molecule has 3 N–H and O–H groups in total. The van der Waals surface area contributed by atoms with Crippen molar-refractivity contribution in [2.24, 2.45) is 0 Å². The van der Waals surface area contributed by atoms with Crippen molar-refractivity contribution < 1.29 is 27.5 Å². The number of pyridine rings is 2. The third kappa shape index (κ3) is 5.79. The number of Topliss-reactive ketones (excluding diaryl/α,β-unsaturated/α-hetero) is 1. The average molecular weight is 422 g/mol. The lowest BCUT2D eigenvalue weighted by Gasteiger charge is -2.17. The van der Waals surface area contributed by atoms with Crippen molar-refractivity contribution in [2.45, 2.75) is 33.0 Å². The summed E-state index contributed by atoms with van der Waals surface area (Å²) in [5, 5.41) is 2.71. The molecule has 0 bridgehead atoms. The van der Waals surface area contributed by atoms with Gasteiger partial charge in [-0.15, -0.1) is 0 Å². The summed E-state index contributed by atoms with van der Waals surface area (Å²) in [4.78, 5) is 32.8. The number of nitrogens with zero attached hydrogens (tertiary/aromatic N) is 2. The van der Waals surface area contributed by atoms with Crippen LogP contribution in [0.15, 0.2) is 36.5 Å². The number of ketones is 1. The number of aryl methyl sites for hydroxylation is 1. The van der Waals surface area contributed by atoms with Gasteiger partial charge in [-0.1, -0.05) is 12.6 Å². The Hall–Kier alpha value is -3.43. The number of hydrogen-bond donors (Lipinski definition) is 2. The first-order valence-electron chi connectivity index (χ1n) is 8.82. The number of aromatic nitrogens is 2. The largest absolute Gasteiger partial charge is 0.468 e. The number of halogens is 3. The van der Waals surface area contributed by atoms with Gasteiger partial charge in [-0.25, -0.2) is 9.97 Å². The number of anilines is 1. The summed E-state index contributed by atoms with van der Waals surface area (Å²) in [5.74, 6) is -1.19. The summed E-state index contributed by atoms with van der Waals surface area (Å²) in [6, 6.07) is 3.67. The minimum absolute atomic E-state index is 0.0480. The maximum absolute atomic E-state index is 12.7. The fraction of sp³-hybridized carbons (Fsp3) is 0.300. The van der Waals surface area contributed by atoms with E-state index in [1.165, 1.54) is 31.3 Å². The molecular formula is C20H21F3N4O3. The van der Waals surface area contributed by atoms with E-state index in [1.54, 1.807) is 13.8 Å². The molecule has 0 aromatic carbocycles. The Bertz CT molecular complexity index is 972. The van der Waals surface area contributed by atoms with Crippen molar-refractivity contribution >= 4 is 17.4 Å². The third-order valence-corrected chi connectivity index (χ3v) is 4.02. The molecule has 2 heterocycles. The molecule has 10 heteroatoms. The lowest BCUT2D eigenvalue weighted by atomic mass is 10.0. The van der Waals surface area contributed by atoms with Gasteiger partial charge in [0.05, 0.1) is 17.3 Å². The number of carbonyl (C=O) groups excluding carboxylic acids is 2. The molecule has 7 nitrogen and oxygen atoms in total. The predicted octanol–water partition coefficient (Wildman–Crippen LogP) is 3.56. The topological polar surface area (TPSA) is 107 Å². The number of carbonyl (C=O) groups is 2. The predicted molar refractivity (Wildman–Crippen MR) is 104 cm³/mol. The highest BCUT2D eigenvalue weighted by molar-refractivity contribution is 6.13. The number of nitrogen functional groups attached to an aromatic ring is 1. The second-order valence-electron chi connectivity index (χ2n) is 6.71. The molecule has 30 heavy (non-hydrogen) atoms. The third-order valence-electron chi connectivity index (χ3n) is 4.02. The molecule has 160 valence electrons. The molecule has 0 aliphatic carbocycles. The van der Waals surface area contributed by atoms with E-state index in [-0.39, 0.29) is 28.4 Å². The van der Waals surface area contributed by atoms with Gasteiger partial charge < -0.3 is 15.8 Å². The van der Waals surface area contributed by atoms with Crippen LogP contribution in [0.3, 0.4) is 0 Å². The Balaban J connectivity index is 2.16. The van der Waals surface area contributed by atoms with Gasteiger partial charge >= 0.3 is 6.18 Å². The summed E-state index contributed by atoms with van der Waals surface area (Å²) in [7, 11) is 0. The molecule has 1 amide bonds. The lowest BCUT2D eigenvalue weighted by molar-refractivity contribution is -0.154. The van der Waals surface area contributed by atoms with Crippen molar-refractivity contribution in [1.29, 1.82) is 0 Å². The normalized spacial score (nSPS) is 12.2. The van der Waals surface area contributed by atoms with Crippen molar-refractivity contribution in [1.82, 2.24) is 15.3 Å². The molecule has 0 aliphatic rings. The van der Waals surface area contributed by atoms with Crippen molar-refractivity contribution in [3.63, 3.8) is 0 Å². The number of alkyl halides is 3. The zero-order chi connectivity index (χ0) is 22.6. The van der Waals surface area contributed by atoms with Gasteiger partial charge in [0.1, 0.15) is 5.69 Å². The van der Waals surface area contributed by atoms with Crippen LogP contribution in [0.4, 0.5) is 18.9 Å². The lowest BCUT2D eigenvalue weighted by Crippen LogP contribution is -2.28. The first-order chi connectivity index (χ1) is 13.9. The second-order valence-corrected chi connectivity index (χ2v) is 6.71. The van der Waals surface area contributed by atoms with Crippen molar-refractivity contribution in [3.8, 4) is 5.88 Å². The molecule has 0 spiro atoms. The minimum atomic E-state index is -4.46. The van der Waals surface area contributed by atoms with E-state index in [9.17, 15) is 22.8 Å². The SMILES string of the molecule is C=C(C)C(=O)c1nc(C)cc(C(=O)NC(C)c2ccc(OCC(F)(F)F)nc2)c1N. The van der Waals surface area contributed by atoms with Crippen LogP contribution in [-0.4, -0.2) is 34.4 Å². The Labute approximate surface area is 171 Å². The van der Waals surface area contributed by atoms with E-state index in [0.29, 0.717) is 11.3 Å². The number of hydrogen-bond acceptors (Lipinski definition) is 6. The second kappa shape index (κ2) is 8.93. The fourth-order valence-corrected chi connectivity index (χ4v) is 2.49. The van der Waals surface area contributed by atoms with Gasteiger partial charge in [-0.05, 0) is 38.0 Å². The van der Waals surface area contributed by atoms with Gasteiger partial charge in [0, 0.05) is 18.0 Å². The van der Waals surface area contributed by atoms with Crippen LogP contribution in [0, 0.1) is 6.92 Å². The van der Waals surface area contributed by atoms with Gasteiger partial charge in [0.2, 0.25) is 11.7 Å². The van der Waals surface area contributed by atoms with E-state index in [1.807, 2.05) is 0 Å². The Morgan fingerprint density at radius 1 is 1.33 bits per heavy atom. The number of allylic oxidation sites excluding steroid dienone is 1. The summed E-state index contributed by atoms with van der Waals surface area (Å²) < 4.78 is 41.1. The van der Waals surface area contributed by atoms with Crippen LogP contribution in [0.25, 0.3) is 0 Å². The summed E-state index contributed by atoms with van der Waals surface area (Å²) in [6.07, 6.45) is -3.16. The molecule has 1 atom stereocenters. The number of nitrogens with two attached hydrogens (primary N) is 1.